The van der Waals surface area contributed by atoms with E-state index in [-0.39, 0.29) is 30.1 Å². The van der Waals surface area contributed by atoms with Crippen molar-refractivity contribution in [1.29, 1.82) is 0 Å². The number of thiophene rings is 1. The monoisotopic (exact) mass is 372 g/mol. The second kappa shape index (κ2) is 8.13. The van der Waals surface area contributed by atoms with Crippen LogP contribution in [-0.2, 0) is 16.0 Å². The van der Waals surface area contributed by atoms with E-state index < -0.39 is 0 Å². The average molecular weight is 372 g/mol. The van der Waals surface area contributed by atoms with E-state index >= 15 is 0 Å². The van der Waals surface area contributed by atoms with Gasteiger partial charge in [0.05, 0.1) is 11.3 Å². The summed E-state index contributed by atoms with van der Waals surface area (Å²) in [5.74, 6) is -0.430. The van der Waals surface area contributed by atoms with Crippen molar-refractivity contribution in [3.8, 4) is 0 Å². The van der Waals surface area contributed by atoms with Crippen molar-refractivity contribution in [1.82, 2.24) is 10.2 Å². The van der Waals surface area contributed by atoms with Gasteiger partial charge in [-0.2, -0.15) is 0 Å². The molecule has 0 aliphatic carbocycles. The minimum absolute atomic E-state index is 0.116. The molecule has 1 fully saturated rings. The highest BCUT2D eigenvalue weighted by atomic mass is 32.2. The highest BCUT2D eigenvalue weighted by Crippen LogP contribution is 2.31. The third kappa shape index (κ3) is 4.58. The van der Waals surface area contributed by atoms with Gasteiger partial charge in [0, 0.05) is 18.0 Å². The fourth-order valence-corrected chi connectivity index (χ4v) is 3.90. The van der Waals surface area contributed by atoms with E-state index in [2.05, 4.69) is 5.32 Å². The summed E-state index contributed by atoms with van der Waals surface area (Å²) in [5.41, 5.74) is 0.872. The van der Waals surface area contributed by atoms with Crippen molar-refractivity contribution in [2.75, 3.05) is 13.1 Å². The van der Waals surface area contributed by atoms with Crippen molar-refractivity contribution >= 4 is 46.2 Å². The molecule has 1 aromatic heterocycles. The molecular formula is C18H16N2O3S2. The van der Waals surface area contributed by atoms with Crippen LogP contribution in [0.4, 0.5) is 4.79 Å². The zero-order valence-corrected chi connectivity index (χ0v) is 14.9. The van der Waals surface area contributed by atoms with Gasteiger partial charge in [-0.1, -0.05) is 36.4 Å². The quantitative estimate of drug-likeness (QED) is 0.791. The Morgan fingerprint density at radius 3 is 2.64 bits per heavy atom. The van der Waals surface area contributed by atoms with Gasteiger partial charge in [0.25, 0.3) is 11.1 Å². The molecule has 5 nitrogen and oxygen atoms in total. The van der Waals surface area contributed by atoms with Gasteiger partial charge in [-0.25, -0.2) is 0 Å². The van der Waals surface area contributed by atoms with Crippen molar-refractivity contribution in [3.63, 3.8) is 0 Å². The van der Waals surface area contributed by atoms with Crippen LogP contribution in [0.2, 0.25) is 0 Å². The highest BCUT2D eigenvalue weighted by molar-refractivity contribution is 8.18. The molecule has 2 heterocycles. The average Bonchev–Trinajstić information content (AvgIpc) is 3.19. The summed E-state index contributed by atoms with van der Waals surface area (Å²) >= 11 is 2.45. The van der Waals surface area contributed by atoms with Gasteiger partial charge in [-0.05, 0) is 34.8 Å². The number of imide groups is 1. The lowest BCUT2D eigenvalue weighted by Crippen LogP contribution is -2.37. The molecule has 1 aliphatic rings. The van der Waals surface area contributed by atoms with Crippen LogP contribution in [0.25, 0.3) is 6.08 Å². The van der Waals surface area contributed by atoms with Gasteiger partial charge in [0.2, 0.25) is 5.91 Å². The molecule has 7 heteroatoms. The number of carbonyl (C=O) groups excluding carboxylic acids is 3. The van der Waals surface area contributed by atoms with Crippen molar-refractivity contribution < 1.29 is 14.4 Å². The van der Waals surface area contributed by atoms with E-state index in [4.69, 9.17) is 0 Å². The summed E-state index contributed by atoms with van der Waals surface area (Å²) in [4.78, 5) is 38.8. The zero-order chi connectivity index (χ0) is 17.6. The fraction of sp³-hybridized carbons (Fsp3) is 0.167. The van der Waals surface area contributed by atoms with Crippen molar-refractivity contribution in [2.45, 2.75) is 6.42 Å². The maximum absolute atomic E-state index is 12.4. The summed E-state index contributed by atoms with van der Waals surface area (Å²) in [6.45, 7) is 0.424. The molecule has 3 rings (SSSR count). The Hall–Kier alpha value is -2.38. The van der Waals surface area contributed by atoms with Gasteiger partial charge in [-0.3, -0.25) is 19.3 Å². The molecule has 1 aromatic carbocycles. The van der Waals surface area contributed by atoms with Crippen LogP contribution in [0, 0.1) is 0 Å². The van der Waals surface area contributed by atoms with Crippen molar-refractivity contribution in [2.24, 2.45) is 0 Å². The number of amides is 3. The number of carbonyl (C=O) groups is 3. The predicted octanol–water partition coefficient (Wildman–Crippen LogP) is 3.14. The molecule has 0 saturated carbocycles. The van der Waals surface area contributed by atoms with E-state index in [1.54, 1.807) is 6.08 Å². The molecule has 1 saturated heterocycles. The first kappa shape index (κ1) is 17.4. The Kier molecular flexibility index (Phi) is 5.67. The molecule has 0 radical (unpaired) electrons. The lowest BCUT2D eigenvalue weighted by molar-refractivity contribution is -0.124. The summed E-state index contributed by atoms with van der Waals surface area (Å²) < 4.78 is 0. The van der Waals surface area contributed by atoms with E-state index in [1.807, 2.05) is 47.8 Å². The minimum atomic E-state index is -0.314. The van der Waals surface area contributed by atoms with Crippen LogP contribution in [0.1, 0.15) is 10.4 Å². The van der Waals surface area contributed by atoms with Gasteiger partial charge >= 0.3 is 0 Å². The number of rotatable bonds is 6. The van der Waals surface area contributed by atoms with E-state index in [0.29, 0.717) is 11.3 Å². The summed E-state index contributed by atoms with van der Waals surface area (Å²) in [6.07, 6.45) is 2.02. The normalized spacial score (nSPS) is 15.8. The Labute approximate surface area is 153 Å². The lowest BCUT2D eigenvalue weighted by Gasteiger charge is -2.12. The number of benzene rings is 1. The van der Waals surface area contributed by atoms with Crippen LogP contribution < -0.4 is 5.32 Å². The maximum Gasteiger partial charge on any atom is 0.293 e. The number of thioether (sulfide) groups is 1. The van der Waals surface area contributed by atoms with E-state index in [1.165, 1.54) is 16.2 Å². The molecule has 25 heavy (non-hydrogen) atoms. The van der Waals surface area contributed by atoms with Crippen LogP contribution in [0.15, 0.2) is 52.7 Å². The first-order chi connectivity index (χ1) is 12.1. The second-order valence-corrected chi connectivity index (χ2v) is 7.38. The predicted molar refractivity (Wildman–Crippen MR) is 100 cm³/mol. The Morgan fingerprint density at radius 2 is 1.92 bits per heavy atom. The Balaban J connectivity index is 1.53. The van der Waals surface area contributed by atoms with Gasteiger partial charge in [0.1, 0.15) is 0 Å². The molecular weight excluding hydrogens is 356 g/mol. The summed E-state index contributed by atoms with van der Waals surface area (Å²) in [7, 11) is 0. The largest absolute Gasteiger partial charge is 0.354 e. The first-order valence-electron chi connectivity index (χ1n) is 7.73. The summed E-state index contributed by atoms with van der Waals surface area (Å²) in [5, 5.41) is 4.36. The van der Waals surface area contributed by atoms with E-state index in [9.17, 15) is 14.4 Å². The summed E-state index contributed by atoms with van der Waals surface area (Å²) in [6, 6.07) is 13.2. The molecule has 2 aromatic rings. The van der Waals surface area contributed by atoms with Crippen LogP contribution in [-0.4, -0.2) is 35.0 Å². The second-order valence-electron chi connectivity index (χ2n) is 5.35. The Morgan fingerprint density at radius 1 is 1.12 bits per heavy atom. The first-order valence-corrected chi connectivity index (χ1v) is 9.42. The van der Waals surface area contributed by atoms with E-state index in [0.717, 1.165) is 22.2 Å². The standard InChI is InChI=1S/C18H16N2O3S2/c21-16(12-14-7-4-10-24-14)19-8-9-20-17(22)15(25-18(20)23)11-13-5-2-1-3-6-13/h1-7,10-11H,8-9,12H2,(H,19,21). The molecule has 3 amide bonds. The third-order valence-corrected chi connectivity index (χ3v) is 5.33. The topological polar surface area (TPSA) is 66.5 Å². The number of nitrogens with one attached hydrogen (secondary N) is 1. The van der Waals surface area contributed by atoms with Gasteiger partial charge in [-0.15, -0.1) is 11.3 Å². The SMILES string of the molecule is O=C(Cc1cccs1)NCCN1C(=O)SC(=Cc2ccccc2)C1=O. The van der Waals surface area contributed by atoms with Crippen LogP contribution in [0.3, 0.4) is 0 Å². The van der Waals surface area contributed by atoms with Crippen LogP contribution in [0.5, 0.6) is 0 Å². The van der Waals surface area contributed by atoms with Gasteiger partial charge in [0.15, 0.2) is 0 Å². The maximum atomic E-state index is 12.4. The van der Waals surface area contributed by atoms with Crippen LogP contribution >= 0.6 is 23.1 Å². The highest BCUT2D eigenvalue weighted by Gasteiger charge is 2.34. The lowest BCUT2D eigenvalue weighted by atomic mass is 10.2. The molecule has 1 aliphatic heterocycles. The third-order valence-electron chi connectivity index (χ3n) is 3.54. The molecule has 1 N–H and O–H groups in total. The molecule has 0 unspecified atom stereocenters. The number of hydrogen-bond donors (Lipinski definition) is 1. The minimum Gasteiger partial charge on any atom is -0.354 e. The smallest absolute Gasteiger partial charge is 0.293 e. The van der Waals surface area contributed by atoms with Gasteiger partial charge < -0.3 is 5.32 Å². The molecule has 0 spiro atoms. The molecule has 128 valence electrons. The fourth-order valence-electron chi connectivity index (χ4n) is 2.33. The Bertz CT molecular complexity index is 801. The van der Waals surface area contributed by atoms with Crippen molar-refractivity contribution in [3.05, 3.63) is 63.2 Å². The molecule has 0 bridgehead atoms. The zero-order valence-electron chi connectivity index (χ0n) is 13.3. The number of nitrogens with zero attached hydrogens (tertiary/aromatic N) is 1. The number of hydrogen-bond acceptors (Lipinski definition) is 5. The molecule has 0 atom stereocenters.